The summed E-state index contributed by atoms with van der Waals surface area (Å²) in [6.45, 7) is 17.5. The minimum absolute atomic E-state index is 0.280. The van der Waals surface area contributed by atoms with Crippen molar-refractivity contribution in [1.82, 2.24) is 4.90 Å². The number of ketones is 1. The van der Waals surface area contributed by atoms with Crippen LogP contribution < -0.4 is 5.32 Å². The number of imide groups is 1. The number of nitrogens with one attached hydrogen (secondary N) is 1. The van der Waals surface area contributed by atoms with Crippen LogP contribution in [0.15, 0.2) is 54.6 Å². The number of aryl methyl sites for hydroxylation is 2. The molecule has 1 heterocycles. The Morgan fingerprint density at radius 3 is 1.35 bits per heavy atom. The van der Waals surface area contributed by atoms with Crippen molar-refractivity contribution in [3.8, 4) is 0 Å². The van der Waals surface area contributed by atoms with E-state index < -0.39 is 47.3 Å². The van der Waals surface area contributed by atoms with Crippen molar-refractivity contribution in [3.63, 3.8) is 0 Å². The van der Waals surface area contributed by atoms with Gasteiger partial charge >= 0.3 is 18.0 Å². The van der Waals surface area contributed by atoms with Gasteiger partial charge in [0.15, 0.2) is 25.9 Å². The first-order valence-corrected chi connectivity index (χ1v) is 33.0. The number of carbonyl (C=O) groups is 6. The van der Waals surface area contributed by atoms with Crippen LogP contribution in [0.5, 0.6) is 0 Å². The van der Waals surface area contributed by atoms with Crippen molar-refractivity contribution in [2.45, 2.75) is 286 Å². The molecule has 14 heteroatoms. The fourth-order valence-corrected chi connectivity index (χ4v) is 9.25. The molecule has 466 valence electrons. The van der Waals surface area contributed by atoms with Gasteiger partial charge < -0.3 is 24.6 Å². The molecule has 1 aliphatic rings. The summed E-state index contributed by atoms with van der Waals surface area (Å²) in [6.07, 6.45) is 46.0. The minimum Gasteiger partial charge on any atom is -0.462 e. The van der Waals surface area contributed by atoms with Gasteiger partial charge in [0.2, 0.25) is 0 Å². The number of anilines is 1. The van der Waals surface area contributed by atoms with E-state index in [1.54, 1.807) is 37.3 Å². The second-order valence-electron chi connectivity index (χ2n) is 22.4. The first-order chi connectivity index (χ1) is 39.6. The first-order valence-electron chi connectivity index (χ1n) is 32.0. The van der Waals surface area contributed by atoms with Gasteiger partial charge in [-0.15, -0.1) is 0 Å². The smallest absolute Gasteiger partial charge is 0.418 e. The molecular weight excluding hydrogens is 1050 g/mol. The molecule has 1 unspecified atom stereocenters. The van der Waals surface area contributed by atoms with E-state index in [9.17, 15) is 33.3 Å². The summed E-state index contributed by atoms with van der Waals surface area (Å²) in [6, 6.07) is 10.7. The number of unbranched alkanes of at least 4 members (excludes halogenated alkanes) is 28. The number of carbonyl (C=O) groups excluding carboxylic acids is 6. The Labute approximate surface area is 499 Å². The fourth-order valence-electron chi connectivity index (χ4n) is 9.06. The lowest BCUT2D eigenvalue weighted by molar-refractivity contribution is -0.142. The van der Waals surface area contributed by atoms with Crippen molar-refractivity contribution in [2.75, 3.05) is 31.3 Å². The van der Waals surface area contributed by atoms with Gasteiger partial charge in [0.25, 0.3) is 11.8 Å². The van der Waals surface area contributed by atoms with Crippen LogP contribution in [-0.4, -0.2) is 83.3 Å². The molecule has 2 aromatic carbocycles. The lowest BCUT2D eigenvalue weighted by Crippen LogP contribution is -2.52. The maximum Gasteiger partial charge on any atom is 0.418 e. The molecular formula is C68H113N2O11P. The third-order valence-corrected chi connectivity index (χ3v) is 14.8. The molecule has 82 heavy (non-hydrogen) atoms. The van der Waals surface area contributed by atoms with Gasteiger partial charge in [-0.1, -0.05) is 225 Å². The Hall–Kier alpha value is -4.74. The molecule has 1 atom stereocenters. The molecule has 3 rings (SSSR count). The Bertz CT molecular complexity index is 2000. The molecule has 3 amide bonds. The number of aliphatic hydroxyl groups excluding tert-OH is 1. The highest BCUT2D eigenvalue weighted by Crippen LogP contribution is 2.27. The third kappa shape index (κ3) is 38.2. The van der Waals surface area contributed by atoms with Crippen molar-refractivity contribution in [3.05, 3.63) is 76.9 Å². The molecule has 2 N–H and O–H groups in total. The molecule has 0 radical (unpaired) electrons. The fraction of sp³-hybridized carbons (Fsp3) is 0.706. The van der Waals surface area contributed by atoms with E-state index in [0.29, 0.717) is 41.5 Å². The summed E-state index contributed by atoms with van der Waals surface area (Å²) in [7, 11) is 0.280. The lowest BCUT2D eigenvalue weighted by Gasteiger charge is -2.22. The average molecular weight is 1170 g/mol. The number of nitrogens with zero attached hydrogens (tertiary/aromatic N) is 1. The summed E-state index contributed by atoms with van der Waals surface area (Å²) >= 11 is 0. The van der Waals surface area contributed by atoms with Crippen LogP contribution in [0.1, 0.15) is 292 Å². The number of hydrogen-bond acceptors (Lipinski definition) is 11. The molecule has 0 aromatic heterocycles. The topological polar surface area (TPSA) is 183 Å². The molecule has 1 aliphatic heterocycles. The predicted molar refractivity (Wildman–Crippen MR) is 337 cm³/mol. The number of cyclic esters (lactones) is 1. The lowest BCUT2D eigenvalue weighted by atomic mass is 10.1. The van der Waals surface area contributed by atoms with E-state index in [1.807, 2.05) is 26.0 Å². The molecule has 1 saturated heterocycles. The first kappa shape index (κ1) is 77.3. The normalized spacial score (nSPS) is 12.8. The maximum atomic E-state index is 12.6. The molecule has 0 saturated carbocycles. The van der Waals surface area contributed by atoms with Crippen LogP contribution in [0.4, 0.5) is 10.5 Å². The van der Waals surface area contributed by atoms with E-state index in [4.69, 9.17) is 19.3 Å². The number of Topliss-reactive ketones (excluding diaryl/α,β-unsaturated/α-hetero) is 1. The largest absolute Gasteiger partial charge is 0.462 e. The predicted octanol–water partition coefficient (Wildman–Crippen LogP) is 18.7. The van der Waals surface area contributed by atoms with E-state index in [-0.39, 0.29) is 8.46 Å². The monoisotopic (exact) mass is 1160 g/mol. The van der Waals surface area contributed by atoms with E-state index in [1.165, 1.54) is 187 Å². The zero-order valence-corrected chi connectivity index (χ0v) is 53.8. The van der Waals surface area contributed by atoms with Crippen LogP contribution in [-0.2, 0) is 33.2 Å². The van der Waals surface area contributed by atoms with Gasteiger partial charge in [-0.25, -0.2) is 19.3 Å². The summed E-state index contributed by atoms with van der Waals surface area (Å²) in [5, 5.41) is 11.3. The van der Waals surface area contributed by atoms with E-state index >= 15 is 0 Å². The zero-order valence-electron chi connectivity index (χ0n) is 52.9. The standard InChI is InChI=1S/C30H50O4.C18H36O.C17H20N2O5.C3H7OP/c1-3-5-7-9-11-13-15-17-21-25-33-29(31)27-23-19-20-24-28(27)30(32)34-26-22-18-16-14-12-10-8-6-4-2;1-2-3-4-5-6-7-8-9-10-11-12-13-14-15-16-17-18-19;1-9-6-7-10(2)12(8-9)18-14(21)13(11(3)20)19-15(22)17(4,5)24-16(19)23;1-2-3-5-4/h19-20,23-24H,3-18,21-22,25-26H2,1-2H3;9-10,19H,2-8,11-18H2,1H3;6-8,13H,1-5H3,(H,18,21);2-3H2,1H3. The van der Waals surface area contributed by atoms with Gasteiger partial charge in [-0.05, 0) is 115 Å². The number of amides is 3. The molecule has 0 spiro atoms. The van der Waals surface area contributed by atoms with Crippen LogP contribution in [0.25, 0.3) is 0 Å². The van der Waals surface area contributed by atoms with Crippen LogP contribution >= 0.6 is 8.46 Å². The molecule has 0 bridgehead atoms. The van der Waals surface area contributed by atoms with Crippen molar-refractivity contribution >= 4 is 49.8 Å². The Morgan fingerprint density at radius 2 is 1.00 bits per heavy atom. The summed E-state index contributed by atoms with van der Waals surface area (Å²) in [5.41, 5.74) is 1.45. The molecule has 13 nitrogen and oxygen atoms in total. The van der Waals surface area contributed by atoms with Crippen LogP contribution in [0.3, 0.4) is 0 Å². The number of allylic oxidation sites excluding steroid dienone is 2. The van der Waals surface area contributed by atoms with Crippen LogP contribution in [0, 0.1) is 13.8 Å². The number of esters is 2. The minimum atomic E-state index is -1.56. The number of rotatable bonds is 43. The summed E-state index contributed by atoms with van der Waals surface area (Å²) < 4.78 is 25.3. The van der Waals surface area contributed by atoms with Crippen molar-refractivity contribution in [2.24, 2.45) is 0 Å². The molecule has 2 aromatic rings. The Morgan fingerprint density at radius 1 is 0.598 bits per heavy atom. The second-order valence-corrected chi connectivity index (χ2v) is 23.1. The van der Waals surface area contributed by atoms with Gasteiger partial charge in [0.1, 0.15) is 0 Å². The zero-order chi connectivity index (χ0) is 61.1. The Kier molecular flexibility index (Phi) is 48.9. The van der Waals surface area contributed by atoms with Gasteiger partial charge in [-0.2, -0.15) is 0 Å². The van der Waals surface area contributed by atoms with Crippen molar-refractivity contribution < 1.29 is 52.6 Å². The average Bonchev–Trinajstić information content (AvgIpc) is 3.95. The highest BCUT2D eigenvalue weighted by atomic mass is 31.1. The second kappa shape index (κ2) is 51.9. The highest BCUT2D eigenvalue weighted by Gasteiger charge is 2.53. The molecule has 0 aliphatic carbocycles. The van der Waals surface area contributed by atoms with Gasteiger partial charge in [-0.3, -0.25) is 18.9 Å². The SMILES string of the molecule is CC(=O)C(C(=O)Nc1cc(C)ccc1C)N1C(=O)OC(C)(C)C1=O.CCCCCCCCC=CCCCCCCCCO.CCCCCCCCCCCOC(=O)c1ccccc1C(=O)OCCCCCCCCCCC.CCCP=O. The number of benzene rings is 2. The van der Waals surface area contributed by atoms with Crippen LogP contribution in [0.2, 0.25) is 0 Å². The number of hydrogen-bond donors (Lipinski definition) is 2. The third-order valence-electron chi connectivity index (χ3n) is 14.1. The molecule has 1 fully saturated rings. The number of ether oxygens (including phenoxy) is 3. The maximum absolute atomic E-state index is 12.6. The van der Waals surface area contributed by atoms with Gasteiger partial charge in [0, 0.05) is 18.5 Å². The van der Waals surface area contributed by atoms with E-state index in [2.05, 4.69) is 38.2 Å². The summed E-state index contributed by atoms with van der Waals surface area (Å²) in [5.74, 6) is -2.96. The Balaban J connectivity index is 0.00000120. The summed E-state index contributed by atoms with van der Waals surface area (Å²) in [4.78, 5) is 74.4. The number of aliphatic hydroxyl groups is 1. The highest BCUT2D eigenvalue weighted by molar-refractivity contribution is 7.23. The van der Waals surface area contributed by atoms with E-state index in [0.717, 1.165) is 62.7 Å². The quantitative estimate of drug-likeness (QED) is 0.0161. The van der Waals surface area contributed by atoms with Crippen molar-refractivity contribution in [1.29, 1.82) is 0 Å². The van der Waals surface area contributed by atoms with Gasteiger partial charge in [0.05, 0.1) is 24.3 Å².